The number of fused-ring (bicyclic) bond motifs is 1. The number of nitrogens with zero attached hydrogens (tertiary/aromatic N) is 5. The van der Waals surface area contributed by atoms with Gasteiger partial charge in [-0.15, -0.1) is 0 Å². The molecule has 1 aromatic carbocycles. The van der Waals surface area contributed by atoms with E-state index in [2.05, 4.69) is 30.5 Å². The molecule has 32 heavy (non-hydrogen) atoms. The first-order valence-corrected chi connectivity index (χ1v) is 11.3. The molecule has 2 N–H and O–H groups in total. The van der Waals surface area contributed by atoms with Gasteiger partial charge in [-0.2, -0.15) is 0 Å². The molecule has 0 bridgehead atoms. The highest BCUT2D eigenvalue weighted by atomic mass is 35.5. The Labute approximate surface area is 189 Å². The summed E-state index contributed by atoms with van der Waals surface area (Å²) in [6, 6.07) is 3.28. The number of nitrogens with one attached hydrogen (secondary N) is 2. The van der Waals surface area contributed by atoms with E-state index < -0.39 is 5.82 Å². The number of anilines is 3. The zero-order valence-electron chi connectivity index (χ0n) is 17.4. The van der Waals surface area contributed by atoms with Crippen molar-refractivity contribution in [2.75, 3.05) is 36.5 Å². The van der Waals surface area contributed by atoms with Crippen LogP contribution in [0.4, 0.5) is 21.8 Å². The van der Waals surface area contributed by atoms with Crippen molar-refractivity contribution in [1.29, 1.82) is 0 Å². The van der Waals surface area contributed by atoms with E-state index in [4.69, 9.17) is 21.3 Å². The molecule has 6 rings (SSSR count). The van der Waals surface area contributed by atoms with E-state index in [1.165, 1.54) is 19.2 Å². The minimum atomic E-state index is -0.584. The second kappa shape index (κ2) is 7.67. The third kappa shape index (κ3) is 3.80. The second-order valence-corrected chi connectivity index (χ2v) is 9.25. The maximum Gasteiger partial charge on any atom is 0.226 e. The lowest BCUT2D eigenvalue weighted by Crippen LogP contribution is -2.53. The van der Waals surface area contributed by atoms with Gasteiger partial charge in [-0.05, 0) is 43.7 Å². The fourth-order valence-electron chi connectivity index (χ4n) is 4.06. The van der Waals surface area contributed by atoms with E-state index in [1.807, 2.05) is 0 Å². The first kappa shape index (κ1) is 19.9. The molecule has 1 spiro atoms. The van der Waals surface area contributed by atoms with Gasteiger partial charge < -0.3 is 20.3 Å². The smallest absolute Gasteiger partial charge is 0.226 e. The Morgan fingerprint density at radius 2 is 2.12 bits per heavy atom. The van der Waals surface area contributed by atoms with Crippen LogP contribution in [0.25, 0.3) is 11.0 Å². The Hall–Kier alpha value is -2.78. The summed E-state index contributed by atoms with van der Waals surface area (Å²) in [4.78, 5) is 20.0. The summed E-state index contributed by atoms with van der Waals surface area (Å²) in [5, 5.41) is 6.58. The number of hydrogen-bond acceptors (Lipinski definition) is 8. The molecule has 3 fully saturated rings. The van der Waals surface area contributed by atoms with Gasteiger partial charge in [0.05, 0.1) is 18.5 Å². The average Bonchev–Trinajstić information content (AvgIpc) is 3.75. The van der Waals surface area contributed by atoms with Crippen LogP contribution in [0.3, 0.4) is 0 Å². The molecule has 0 unspecified atom stereocenters. The molecule has 8 nitrogen and oxygen atoms in total. The van der Waals surface area contributed by atoms with Crippen LogP contribution in [-0.2, 0) is 0 Å². The zero-order chi connectivity index (χ0) is 21.7. The van der Waals surface area contributed by atoms with Crippen molar-refractivity contribution >= 4 is 40.1 Å². The Bertz CT molecular complexity index is 1180. The number of aromatic nitrogens is 4. The number of ether oxygens (including phenoxy) is 1. The Kier molecular flexibility index (Phi) is 4.76. The predicted molar refractivity (Wildman–Crippen MR) is 120 cm³/mol. The number of halogens is 2. The van der Waals surface area contributed by atoms with Crippen molar-refractivity contribution in [3.05, 3.63) is 35.5 Å². The number of benzene rings is 1. The fourth-order valence-corrected chi connectivity index (χ4v) is 4.28. The highest BCUT2D eigenvalue weighted by Gasteiger charge is 2.46. The van der Waals surface area contributed by atoms with E-state index in [0.717, 1.165) is 32.5 Å². The van der Waals surface area contributed by atoms with Crippen LogP contribution in [0.1, 0.15) is 25.7 Å². The molecule has 2 saturated carbocycles. The average molecular weight is 456 g/mol. The maximum absolute atomic E-state index is 15.0. The van der Waals surface area contributed by atoms with Crippen molar-refractivity contribution in [1.82, 2.24) is 25.3 Å². The van der Waals surface area contributed by atoms with Crippen LogP contribution in [0.15, 0.2) is 24.7 Å². The lowest BCUT2D eigenvalue weighted by molar-refractivity contribution is 0.298. The summed E-state index contributed by atoms with van der Waals surface area (Å²) in [5.74, 6) is 1.35. The Morgan fingerprint density at radius 1 is 1.25 bits per heavy atom. The van der Waals surface area contributed by atoms with Crippen molar-refractivity contribution in [3.8, 4) is 5.75 Å². The topological polar surface area (TPSA) is 88.1 Å². The minimum Gasteiger partial charge on any atom is -0.492 e. The summed E-state index contributed by atoms with van der Waals surface area (Å²) in [7, 11) is 0. The second-order valence-electron chi connectivity index (χ2n) is 8.87. The summed E-state index contributed by atoms with van der Waals surface area (Å²) >= 11 is 6.24. The quantitative estimate of drug-likeness (QED) is 0.582. The molecule has 3 aliphatic rings. The SMILES string of the molecule is Fc1c(Nc2ncnc3cnc(N4CCNC5(CC5)C4)nc23)ccc(OCC2CC2)c1Cl. The van der Waals surface area contributed by atoms with E-state index in [1.54, 1.807) is 18.3 Å². The van der Waals surface area contributed by atoms with Crippen molar-refractivity contribution in [2.24, 2.45) is 5.92 Å². The highest BCUT2D eigenvalue weighted by Crippen LogP contribution is 2.39. The third-order valence-electron chi connectivity index (χ3n) is 6.35. The van der Waals surface area contributed by atoms with Crippen LogP contribution >= 0.6 is 11.6 Å². The standard InChI is InChI=1S/C22H23ClFN7O/c23-17-16(32-10-13-1-2-13)4-3-14(18(17)24)29-20-19-15(26-12-27-20)9-25-21(30-19)31-8-7-28-22(11-31)5-6-22/h3-4,9,12-13,28H,1-2,5-8,10-11H2,(H,26,27,29). The molecular weight excluding hydrogens is 433 g/mol. The molecular formula is C22H23ClFN7O. The normalized spacial score (nSPS) is 19.4. The van der Waals surface area contributed by atoms with Gasteiger partial charge in [0.1, 0.15) is 28.1 Å². The van der Waals surface area contributed by atoms with Crippen molar-refractivity contribution in [2.45, 2.75) is 31.2 Å². The van der Waals surface area contributed by atoms with Gasteiger partial charge in [-0.3, -0.25) is 0 Å². The predicted octanol–water partition coefficient (Wildman–Crippen LogP) is 3.69. The van der Waals surface area contributed by atoms with Crippen LogP contribution in [0.2, 0.25) is 5.02 Å². The lowest BCUT2D eigenvalue weighted by Gasteiger charge is -2.34. The summed E-state index contributed by atoms with van der Waals surface area (Å²) in [5.41, 5.74) is 1.52. The maximum atomic E-state index is 15.0. The summed E-state index contributed by atoms with van der Waals surface area (Å²) in [6.45, 7) is 3.17. The van der Waals surface area contributed by atoms with Crippen molar-refractivity contribution in [3.63, 3.8) is 0 Å². The molecule has 0 atom stereocenters. The van der Waals surface area contributed by atoms with Gasteiger partial charge in [0.25, 0.3) is 0 Å². The zero-order valence-corrected chi connectivity index (χ0v) is 18.2. The molecule has 0 radical (unpaired) electrons. The van der Waals surface area contributed by atoms with Crippen LogP contribution in [-0.4, -0.2) is 51.7 Å². The van der Waals surface area contributed by atoms with E-state index >= 15 is 0 Å². The van der Waals surface area contributed by atoms with Gasteiger partial charge in [0, 0.05) is 25.2 Å². The molecule has 1 aliphatic heterocycles. The first-order chi connectivity index (χ1) is 15.6. The molecule has 10 heteroatoms. The minimum absolute atomic E-state index is 0.0418. The number of hydrogen-bond donors (Lipinski definition) is 2. The highest BCUT2D eigenvalue weighted by molar-refractivity contribution is 6.32. The first-order valence-electron chi connectivity index (χ1n) is 11.0. The molecule has 2 aromatic heterocycles. The van der Waals surface area contributed by atoms with E-state index in [9.17, 15) is 4.39 Å². The Morgan fingerprint density at radius 3 is 2.94 bits per heavy atom. The Balaban J connectivity index is 1.28. The fraction of sp³-hybridized carbons (Fsp3) is 0.455. The van der Waals surface area contributed by atoms with Gasteiger partial charge in [-0.1, -0.05) is 11.6 Å². The summed E-state index contributed by atoms with van der Waals surface area (Å²) < 4.78 is 20.6. The number of rotatable bonds is 6. The van der Waals surface area contributed by atoms with Crippen LogP contribution < -0.4 is 20.3 Å². The lowest BCUT2D eigenvalue weighted by atomic mass is 10.2. The third-order valence-corrected chi connectivity index (χ3v) is 6.70. The molecule has 3 aromatic rings. The van der Waals surface area contributed by atoms with Crippen molar-refractivity contribution < 1.29 is 9.13 Å². The van der Waals surface area contributed by atoms with Gasteiger partial charge in [-0.25, -0.2) is 24.3 Å². The molecule has 0 amide bonds. The van der Waals surface area contributed by atoms with Crippen LogP contribution in [0, 0.1) is 11.7 Å². The largest absolute Gasteiger partial charge is 0.492 e. The molecule has 3 heterocycles. The number of piperazine rings is 1. The molecule has 1 saturated heterocycles. The van der Waals surface area contributed by atoms with E-state index in [-0.39, 0.29) is 16.2 Å². The van der Waals surface area contributed by atoms with E-state index in [0.29, 0.717) is 41.1 Å². The summed E-state index contributed by atoms with van der Waals surface area (Å²) in [6.07, 6.45) is 7.74. The molecule has 2 aliphatic carbocycles. The monoisotopic (exact) mass is 455 g/mol. The molecule has 166 valence electrons. The van der Waals surface area contributed by atoms with Gasteiger partial charge in [0.15, 0.2) is 11.6 Å². The van der Waals surface area contributed by atoms with Crippen LogP contribution in [0.5, 0.6) is 5.75 Å². The van der Waals surface area contributed by atoms with Gasteiger partial charge in [0.2, 0.25) is 5.95 Å². The van der Waals surface area contributed by atoms with Gasteiger partial charge >= 0.3 is 0 Å².